The van der Waals surface area contributed by atoms with Crippen molar-refractivity contribution >= 4 is 82.1 Å². The molecule has 6 heteroatoms. The molecule has 0 amide bonds. The van der Waals surface area contributed by atoms with Crippen LogP contribution in [-0.4, -0.2) is 27.6 Å². The highest BCUT2D eigenvalue weighted by Crippen LogP contribution is 2.43. The highest BCUT2D eigenvalue weighted by Gasteiger charge is 2.41. The predicted molar refractivity (Wildman–Crippen MR) is 292 cm³/mol. The van der Waals surface area contributed by atoms with Crippen LogP contribution in [0.5, 0.6) is 0 Å². The first kappa shape index (κ1) is 23.4. The minimum atomic E-state index is -3.42. The molecular weight excluding hydrogens is 873 g/mol. The third-order valence-electron chi connectivity index (χ3n) is 12.0. The Labute approximate surface area is 437 Å². The molecular formula is C63H42N4SSi. The topological polar surface area (TPSA) is 43.6 Å². The summed E-state index contributed by atoms with van der Waals surface area (Å²) in [6.45, 7) is 0. The molecule has 69 heavy (non-hydrogen) atoms. The van der Waals surface area contributed by atoms with Gasteiger partial charge in [-0.1, -0.05) is 218 Å². The summed E-state index contributed by atoms with van der Waals surface area (Å²) in [6.07, 6.45) is 0. The van der Waals surface area contributed by atoms with Crippen molar-refractivity contribution in [2.24, 2.45) is 0 Å². The van der Waals surface area contributed by atoms with Crippen LogP contribution in [0.25, 0.3) is 93.0 Å². The molecule has 0 radical (unpaired) electrons. The van der Waals surface area contributed by atoms with Crippen LogP contribution in [0, 0.1) is 0 Å². The van der Waals surface area contributed by atoms with Gasteiger partial charge in [0.25, 0.3) is 0 Å². The molecule has 0 N–H and O–H groups in total. The first-order valence-corrected chi connectivity index (χ1v) is 24.3. The molecule has 0 aliphatic heterocycles. The molecule has 324 valence electrons. The Morgan fingerprint density at radius 2 is 0.899 bits per heavy atom. The molecule has 4 nitrogen and oxygen atoms in total. The number of fused-ring (bicyclic) bond motifs is 6. The molecule has 10 aromatic carbocycles. The summed E-state index contributed by atoms with van der Waals surface area (Å²) in [5, 5.41) is 2.35. The average Bonchev–Trinajstić information content (AvgIpc) is 1.44. The standard InChI is InChI=1S/C63H42N4SSi/c1-4-24-46(25-5-1)69(47-26-6-2-7-27-47,48-28-8-3-9-29-48)49-30-19-22-44(42-49)62-64-61(43-21-18-23-45(41-43)67-56-37-15-12-32-51(56)52-33-13-16-38-57(52)67)65-63(66-62)54-34-11-10-31-50(54)53-36-20-40-59-60(53)55-35-14-17-39-58(55)68-59/h1-42H/i10D,11D,12D,13D,14D,15D,16D,17D,18D,20D,21D,23D,31D,32D,33D,34D,35D,36D,37D,38D,39D,40D,41D. The van der Waals surface area contributed by atoms with E-state index in [1.54, 1.807) is 12.1 Å². The Morgan fingerprint density at radius 3 is 1.57 bits per heavy atom. The van der Waals surface area contributed by atoms with E-state index < -0.39 is 208 Å². The van der Waals surface area contributed by atoms with Crippen LogP contribution in [0.15, 0.2) is 254 Å². The molecule has 0 bridgehead atoms. The molecule has 0 fully saturated rings. The Morgan fingerprint density at radius 1 is 0.391 bits per heavy atom. The van der Waals surface area contributed by atoms with Crippen molar-refractivity contribution in [3.8, 4) is 51.0 Å². The lowest BCUT2D eigenvalue weighted by molar-refractivity contribution is 1.07. The zero-order chi connectivity index (χ0) is 65.7. The smallest absolute Gasteiger partial charge is 0.179 e. The quantitative estimate of drug-likeness (QED) is 0.107. The van der Waals surface area contributed by atoms with Gasteiger partial charge in [-0.3, -0.25) is 0 Å². The largest absolute Gasteiger partial charge is 0.309 e. The van der Waals surface area contributed by atoms with Gasteiger partial charge in [-0.25, -0.2) is 15.0 Å². The fourth-order valence-electron chi connectivity index (χ4n) is 9.10. The fourth-order valence-corrected chi connectivity index (χ4v) is 14.9. The second-order valence-corrected chi connectivity index (χ2v) is 20.6. The summed E-state index contributed by atoms with van der Waals surface area (Å²) in [5.41, 5.74) is -3.85. The molecule has 0 aliphatic rings. The summed E-state index contributed by atoms with van der Waals surface area (Å²) in [6, 6.07) is 18.8. The minimum absolute atomic E-state index is 0.0842. The number of hydrogen-bond donors (Lipinski definition) is 0. The van der Waals surface area contributed by atoms with E-state index in [1.165, 1.54) is 0 Å². The van der Waals surface area contributed by atoms with Crippen molar-refractivity contribution in [2.45, 2.75) is 0 Å². The third-order valence-corrected chi connectivity index (χ3v) is 17.8. The number of aromatic nitrogens is 4. The lowest BCUT2D eigenvalue weighted by Crippen LogP contribution is -2.74. The van der Waals surface area contributed by atoms with E-state index in [2.05, 4.69) is 0 Å². The summed E-state index contributed by atoms with van der Waals surface area (Å²) in [5.74, 6) is -1.61. The molecule has 0 aliphatic carbocycles. The van der Waals surface area contributed by atoms with E-state index >= 15 is 0 Å². The lowest BCUT2D eigenvalue weighted by atomic mass is 9.95. The van der Waals surface area contributed by atoms with Crippen molar-refractivity contribution in [1.29, 1.82) is 0 Å². The van der Waals surface area contributed by atoms with Crippen molar-refractivity contribution in [3.05, 3.63) is 254 Å². The van der Waals surface area contributed by atoms with E-state index in [-0.39, 0.29) is 31.6 Å². The van der Waals surface area contributed by atoms with Crippen molar-refractivity contribution in [2.75, 3.05) is 0 Å². The molecule has 3 aromatic heterocycles. The maximum atomic E-state index is 10.2. The van der Waals surface area contributed by atoms with Crippen LogP contribution in [-0.2, 0) is 0 Å². The molecule has 0 spiro atoms. The summed E-state index contributed by atoms with van der Waals surface area (Å²) in [4.78, 5) is 14.8. The van der Waals surface area contributed by atoms with Gasteiger partial charge in [0.2, 0.25) is 0 Å². The van der Waals surface area contributed by atoms with Gasteiger partial charge >= 0.3 is 0 Å². The maximum absolute atomic E-state index is 10.2. The minimum Gasteiger partial charge on any atom is -0.309 e. The molecule has 3 heterocycles. The highest BCUT2D eigenvalue weighted by molar-refractivity contribution is 7.26. The maximum Gasteiger partial charge on any atom is 0.179 e. The van der Waals surface area contributed by atoms with E-state index in [0.29, 0.717) is 0 Å². The van der Waals surface area contributed by atoms with Crippen LogP contribution in [0.1, 0.15) is 31.5 Å². The number of rotatable bonds is 9. The van der Waals surface area contributed by atoms with Crippen molar-refractivity contribution in [3.63, 3.8) is 0 Å². The fraction of sp³-hybridized carbons (Fsp3) is 0. The predicted octanol–water partition coefficient (Wildman–Crippen LogP) is 13.4. The molecule has 0 saturated carbocycles. The number of para-hydroxylation sites is 2. The zero-order valence-electron chi connectivity index (χ0n) is 58.7. The van der Waals surface area contributed by atoms with Gasteiger partial charge in [-0.05, 0) is 68.1 Å². The van der Waals surface area contributed by atoms with E-state index in [9.17, 15) is 15.1 Å². The van der Waals surface area contributed by atoms with E-state index in [0.717, 1.165) is 36.7 Å². The SMILES string of the molecule is [2H]c1c([2H])c([2H])c(-c2c([2H])c([2H])c([2H])c3sc4c([2H])c([2H])c([2H])c([2H])c4c23)c(-c2nc(-c3cccc([Si](c4ccccc4)(c4ccccc4)c4ccccc4)c3)nc(-c3c([2H])c([2H])c([2H])c(-n4c5c([2H])c([2H])c([2H])c([2H])c5c5c([2H])c([2H])c([2H])c([2H])c54)c3[2H])n2)c1[2H]. The van der Waals surface area contributed by atoms with Crippen molar-refractivity contribution < 1.29 is 31.5 Å². The van der Waals surface area contributed by atoms with Gasteiger partial charge < -0.3 is 4.57 Å². The molecule has 13 aromatic rings. The van der Waals surface area contributed by atoms with Gasteiger partial charge in [-0.15, -0.1) is 11.3 Å². The number of thiophene rings is 1. The van der Waals surface area contributed by atoms with Crippen LogP contribution in [0.3, 0.4) is 0 Å². The summed E-state index contributed by atoms with van der Waals surface area (Å²) in [7, 11) is -3.42. The molecule has 0 saturated heterocycles. The Balaban J connectivity index is 1.20. The summed E-state index contributed by atoms with van der Waals surface area (Å²) >= 11 is 0.721. The van der Waals surface area contributed by atoms with Gasteiger partial charge in [0.15, 0.2) is 25.5 Å². The number of hydrogen-bond acceptors (Lipinski definition) is 4. The highest BCUT2D eigenvalue weighted by atomic mass is 32.1. The van der Waals surface area contributed by atoms with Crippen LogP contribution >= 0.6 is 11.3 Å². The van der Waals surface area contributed by atoms with E-state index in [4.69, 9.17) is 31.4 Å². The second-order valence-electron chi connectivity index (χ2n) is 15.8. The van der Waals surface area contributed by atoms with Gasteiger partial charge in [-0.2, -0.15) is 0 Å². The molecule has 0 unspecified atom stereocenters. The van der Waals surface area contributed by atoms with Crippen molar-refractivity contribution in [1.82, 2.24) is 19.5 Å². The normalized spacial score (nSPS) is 16.4. The molecule has 13 rings (SSSR count). The van der Waals surface area contributed by atoms with Gasteiger partial charge in [0.05, 0.1) is 42.6 Å². The Bertz CT molecular complexity index is 5230. The first-order valence-electron chi connectivity index (χ1n) is 33.0. The van der Waals surface area contributed by atoms with Gasteiger partial charge in [0.1, 0.15) is 0 Å². The molecule has 0 atom stereocenters. The third kappa shape index (κ3) is 6.83. The van der Waals surface area contributed by atoms with Gasteiger partial charge in [0, 0.05) is 53.3 Å². The Hall–Kier alpha value is -8.55. The average molecular weight is 938 g/mol. The second kappa shape index (κ2) is 17.0. The zero-order valence-corrected chi connectivity index (χ0v) is 37.5. The first-order chi connectivity index (χ1) is 43.8. The van der Waals surface area contributed by atoms with Crippen LogP contribution in [0.4, 0.5) is 0 Å². The number of nitrogens with zero attached hydrogens (tertiary/aromatic N) is 4. The monoisotopic (exact) mass is 937 g/mol. The lowest BCUT2D eigenvalue weighted by Gasteiger charge is -2.34. The number of benzene rings is 10. The van der Waals surface area contributed by atoms with E-state index in [1.807, 2.05) is 103 Å². The van der Waals surface area contributed by atoms with Crippen LogP contribution < -0.4 is 20.7 Å². The Kier molecular flexibility index (Phi) is 5.76. The van der Waals surface area contributed by atoms with Crippen LogP contribution in [0.2, 0.25) is 0 Å². The summed E-state index contributed by atoms with van der Waals surface area (Å²) < 4.78 is 212.